The fraction of sp³-hybridized carbons (Fsp3) is 0.423. The monoisotopic (exact) mass is 419 g/mol. The molecule has 0 amide bonds. The Labute approximate surface area is 185 Å². The summed E-state index contributed by atoms with van der Waals surface area (Å²) in [7, 11) is 1.41. The molecule has 1 aliphatic rings. The summed E-state index contributed by atoms with van der Waals surface area (Å²) in [5.74, 6) is -0.295. The second-order valence-electron chi connectivity index (χ2n) is 8.83. The maximum absolute atomic E-state index is 11.7. The zero-order chi connectivity index (χ0) is 22.0. The van der Waals surface area contributed by atoms with E-state index in [9.17, 15) is 4.79 Å². The highest BCUT2D eigenvalue weighted by Gasteiger charge is 2.21. The largest absolute Gasteiger partial charge is 0.465 e. The summed E-state index contributed by atoms with van der Waals surface area (Å²) in [6.07, 6.45) is 0.850. The lowest BCUT2D eigenvalue weighted by atomic mass is 10.0. The van der Waals surface area contributed by atoms with Crippen molar-refractivity contribution in [2.45, 2.75) is 45.8 Å². The molecule has 1 aliphatic heterocycles. The van der Waals surface area contributed by atoms with E-state index in [1.54, 1.807) is 0 Å². The van der Waals surface area contributed by atoms with Crippen LogP contribution in [0.1, 0.15) is 41.0 Å². The van der Waals surface area contributed by atoms with E-state index in [0.29, 0.717) is 17.6 Å². The summed E-state index contributed by atoms with van der Waals surface area (Å²) in [4.78, 5) is 14.3. The molecule has 0 spiro atoms. The van der Waals surface area contributed by atoms with Crippen molar-refractivity contribution in [2.75, 3.05) is 26.7 Å². The van der Waals surface area contributed by atoms with Crippen molar-refractivity contribution in [3.05, 3.63) is 70.9 Å². The van der Waals surface area contributed by atoms with Crippen molar-refractivity contribution in [2.24, 2.45) is 0 Å². The minimum atomic E-state index is -0.295. The number of methoxy groups -OCH3 is 1. The lowest BCUT2D eigenvalue weighted by Crippen LogP contribution is -2.54. The van der Waals surface area contributed by atoms with Crippen molar-refractivity contribution in [1.29, 1.82) is 0 Å². The van der Waals surface area contributed by atoms with Crippen LogP contribution >= 0.6 is 0 Å². The van der Waals surface area contributed by atoms with E-state index in [-0.39, 0.29) is 5.97 Å². The number of nitrogens with zero attached hydrogens (tertiary/aromatic N) is 2. The quantitative estimate of drug-likeness (QED) is 0.614. The van der Waals surface area contributed by atoms with Crippen LogP contribution in [0.25, 0.3) is 10.9 Å². The van der Waals surface area contributed by atoms with Crippen LogP contribution in [0.3, 0.4) is 0 Å². The number of ether oxygens (including phenoxy) is 1. The van der Waals surface area contributed by atoms with Gasteiger partial charge in [0, 0.05) is 54.9 Å². The van der Waals surface area contributed by atoms with Crippen LogP contribution in [0.2, 0.25) is 0 Å². The van der Waals surface area contributed by atoms with Crippen molar-refractivity contribution in [1.82, 2.24) is 14.8 Å². The summed E-state index contributed by atoms with van der Waals surface area (Å²) in [5.41, 5.74) is 5.78. The molecule has 2 atom stereocenters. The van der Waals surface area contributed by atoms with Crippen LogP contribution < -0.4 is 5.32 Å². The molecular formula is C26H33N3O2. The first-order valence-electron chi connectivity index (χ1n) is 11.2. The maximum Gasteiger partial charge on any atom is 0.337 e. The summed E-state index contributed by atoms with van der Waals surface area (Å²) in [5, 5.41) is 4.94. The Bertz CT molecular complexity index is 1040. The Kier molecular flexibility index (Phi) is 6.44. The number of nitrogens with one attached hydrogen (secondary N) is 1. The van der Waals surface area contributed by atoms with Gasteiger partial charge in [-0.3, -0.25) is 4.90 Å². The average Bonchev–Trinajstić information content (AvgIpc) is 3.02. The number of aromatic nitrogens is 1. The van der Waals surface area contributed by atoms with Gasteiger partial charge in [-0.15, -0.1) is 0 Å². The number of carbonyl (C=O) groups is 1. The molecule has 5 nitrogen and oxygen atoms in total. The number of para-hydroxylation sites is 1. The zero-order valence-electron chi connectivity index (χ0n) is 19.0. The van der Waals surface area contributed by atoms with Crippen LogP contribution in [0.5, 0.6) is 0 Å². The number of piperazine rings is 1. The molecule has 5 heteroatoms. The van der Waals surface area contributed by atoms with Crippen LogP contribution in [-0.2, 0) is 17.7 Å². The number of hydrogen-bond acceptors (Lipinski definition) is 4. The Morgan fingerprint density at radius 2 is 1.71 bits per heavy atom. The molecule has 164 valence electrons. The van der Waals surface area contributed by atoms with E-state index in [0.717, 1.165) is 32.6 Å². The molecule has 2 heterocycles. The van der Waals surface area contributed by atoms with Crippen LogP contribution in [0.15, 0.2) is 48.5 Å². The third kappa shape index (κ3) is 4.68. The Hall–Kier alpha value is -2.63. The smallest absolute Gasteiger partial charge is 0.337 e. The third-order valence-corrected chi connectivity index (χ3v) is 6.39. The number of hydrogen-bond donors (Lipinski definition) is 1. The van der Waals surface area contributed by atoms with Gasteiger partial charge in [-0.05, 0) is 56.5 Å². The van der Waals surface area contributed by atoms with Crippen LogP contribution in [0, 0.1) is 6.92 Å². The van der Waals surface area contributed by atoms with E-state index in [4.69, 9.17) is 4.74 Å². The fourth-order valence-electron chi connectivity index (χ4n) is 4.96. The number of rotatable bonds is 6. The average molecular weight is 420 g/mol. The predicted octanol–water partition coefficient (Wildman–Crippen LogP) is 4.01. The minimum Gasteiger partial charge on any atom is -0.465 e. The predicted molar refractivity (Wildman–Crippen MR) is 126 cm³/mol. The molecule has 0 saturated carbocycles. The molecule has 3 aromatic rings. The lowest BCUT2D eigenvalue weighted by molar-refractivity contribution is 0.0600. The maximum atomic E-state index is 11.7. The van der Waals surface area contributed by atoms with Gasteiger partial charge >= 0.3 is 5.97 Å². The highest BCUT2D eigenvalue weighted by atomic mass is 16.5. The zero-order valence-corrected chi connectivity index (χ0v) is 19.0. The molecule has 4 rings (SSSR count). The summed E-state index contributed by atoms with van der Waals surface area (Å²) >= 11 is 0. The normalized spacial score (nSPS) is 19.6. The standard InChI is InChI=1S/C26H33N3O2/c1-18-16-28(17-19(2)27-18)13-14-29-20(3)24(23-7-5-6-8-25(23)29)15-21-9-11-22(12-10-21)26(30)31-4/h5-12,18-19,27H,13-17H2,1-4H3/t18-,19+. The van der Waals surface area contributed by atoms with Gasteiger partial charge in [0.25, 0.3) is 0 Å². The van der Waals surface area contributed by atoms with E-state index < -0.39 is 0 Å². The van der Waals surface area contributed by atoms with Gasteiger partial charge < -0.3 is 14.6 Å². The first-order chi connectivity index (χ1) is 15.0. The van der Waals surface area contributed by atoms with Crippen molar-refractivity contribution in [3.63, 3.8) is 0 Å². The number of benzene rings is 2. The van der Waals surface area contributed by atoms with Crippen molar-refractivity contribution < 1.29 is 9.53 Å². The molecule has 0 unspecified atom stereocenters. The summed E-state index contributed by atoms with van der Waals surface area (Å²) in [6, 6.07) is 17.5. The number of carbonyl (C=O) groups excluding carboxylic acids is 1. The van der Waals surface area contributed by atoms with E-state index in [1.807, 2.05) is 24.3 Å². The Morgan fingerprint density at radius 1 is 1.03 bits per heavy atom. The van der Waals surface area contributed by atoms with Gasteiger partial charge in [-0.2, -0.15) is 0 Å². The molecule has 1 saturated heterocycles. The topological polar surface area (TPSA) is 46.5 Å². The van der Waals surface area contributed by atoms with Crippen LogP contribution in [0.4, 0.5) is 0 Å². The summed E-state index contributed by atoms with van der Waals surface area (Å²) < 4.78 is 7.29. The van der Waals surface area contributed by atoms with Crippen molar-refractivity contribution >= 4 is 16.9 Å². The fourth-order valence-corrected chi connectivity index (χ4v) is 4.96. The van der Waals surface area contributed by atoms with E-state index in [1.165, 1.54) is 34.8 Å². The Balaban J connectivity index is 1.57. The highest BCUT2D eigenvalue weighted by molar-refractivity contribution is 5.89. The molecule has 1 N–H and O–H groups in total. The van der Waals surface area contributed by atoms with E-state index in [2.05, 4.69) is 59.8 Å². The van der Waals surface area contributed by atoms with Gasteiger partial charge in [0.15, 0.2) is 0 Å². The second kappa shape index (κ2) is 9.25. The molecule has 1 aromatic heterocycles. The molecule has 2 aromatic carbocycles. The van der Waals surface area contributed by atoms with Crippen LogP contribution in [-0.4, -0.2) is 54.3 Å². The van der Waals surface area contributed by atoms with Gasteiger partial charge in [0.2, 0.25) is 0 Å². The lowest BCUT2D eigenvalue weighted by Gasteiger charge is -2.36. The van der Waals surface area contributed by atoms with Crippen molar-refractivity contribution in [3.8, 4) is 0 Å². The molecule has 0 aliphatic carbocycles. The first-order valence-corrected chi connectivity index (χ1v) is 11.2. The summed E-state index contributed by atoms with van der Waals surface area (Å²) in [6.45, 7) is 11.0. The van der Waals surface area contributed by atoms with Gasteiger partial charge in [-0.25, -0.2) is 4.79 Å². The number of fused-ring (bicyclic) bond motifs is 1. The molecule has 31 heavy (non-hydrogen) atoms. The minimum absolute atomic E-state index is 0.295. The molecule has 0 bridgehead atoms. The van der Waals surface area contributed by atoms with Gasteiger partial charge in [-0.1, -0.05) is 30.3 Å². The SMILES string of the molecule is COC(=O)c1ccc(Cc2c(C)n(CCN3C[C@@H](C)N[C@@H](C)C3)c3ccccc23)cc1. The third-order valence-electron chi connectivity index (χ3n) is 6.39. The molecular weight excluding hydrogens is 386 g/mol. The second-order valence-corrected chi connectivity index (χ2v) is 8.83. The van der Waals surface area contributed by atoms with Gasteiger partial charge in [0.05, 0.1) is 12.7 Å². The highest BCUT2D eigenvalue weighted by Crippen LogP contribution is 2.28. The molecule has 1 fully saturated rings. The van der Waals surface area contributed by atoms with E-state index >= 15 is 0 Å². The first kappa shape index (κ1) is 21.6. The Morgan fingerprint density at radius 3 is 2.39 bits per heavy atom. The number of esters is 1. The molecule has 0 radical (unpaired) electrons. The van der Waals surface area contributed by atoms with Gasteiger partial charge in [0.1, 0.15) is 0 Å².